The maximum atomic E-state index is 13.2. The SMILES string of the molecule is N[C@@H]1C(=O)N(C2CCCC2)c2ccc(F)cc21. The van der Waals surface area contributed by atoms with Gasteiger partial charge in [0.1, 0.15) is 11.9 Å². The van der Waals surface area contributed by atoms with Gasteiger partial charge in [0.15, 0.2) is 0 Å². The molecule has 1 heterocycles. The Bertz CT molecular complexity index is 468. The van der Waals surface area contributed by atoms with Crippen molar-refractivity contribution in [1.82, 2.24) is 0 Å². The van der Waals surface area contributed by atoms with Crippen molar-refractivity contribution in [3.05, 3.63) is 29.6 Å². The lowest BCUT2D eigenvalue weighted by Gasteiger charge is -2.24. The first kappa shape index (κ1) is 10.7. The van der Waals surface area contributed by atoms with Crippen LogP contribution in [-0.4, -0.2) is 11.9 Å². The van der Waals surface area contributed by atoms with E-state index in [1.165, 1.54) is 12.1 Å². The second-order valence-electron chi connectivity index (χ2n) is 4.83. The van der Waals surface area contributed by atoms with Crippen LogP contribution in [0.25, 0.3) is 0 Å². The van der Waals surface area contributed by atoms with Crippen LogP contribution in [0.1, 0.15) is 37.3 Å². The van der Waals surface area contributed by atoms with Gasteiger partial charge in [-0.15, -0.1) is 0 Å². The van der Waals surface area contributed by atoms with Crippen LogP contribution in [-0.2, 0) is 4.79 Å². The highest BCUT2D eigenvalue weighted by Gasteiger charge is 2.39. The average molecular weight is 234 g/mol. The Labute approximate surface area is 99.4 Å². The van der Waals surface area contributed by atoms with Crippen molar-refractivity contribution >= 4 is 11.6 Å². The van der Waals surface area contributed by atoms with Crippen molar-refractivity contribution in [3.8, 4) is 0 Å². The summed E-state index contributed by atoms with van der Waals surface area (Å²) in [5.41, 5.74) is 7.29. The van der Waals surface area contributed by atoms with Crippen LogP contribution in [0.15, 0.2) is 18.2 Å². The summed E-state index contributed by atoms with van der Waals surface area (Å²) in [6, 6.07) is 4.01. The lowest BCUT2D eigenvalue weighted by atomic mass is 10.1. The topological polar surface area (TPSA) is 46.3 Å². The molecule has 2 N–H and O–H groups in total. The lowest BCUT2D eigenvalue weighted by molar-refractivity contribution is -0.119. The van der Waals surface area contributed by atoms with Crippen molar-refractivity contribution < 1.29 is 9.18 Å². The zero-order chi connectivity index (χ0) is 12.0. The zero-order valence-corrected chi connectivity index (χ0v) is 9.53. The Kier molecular flexibility index (Phi) is 2.40. The lowest BCUT2D eigenvalue weighted by Crippen LogP contribution is -2.38. The second kappa shape index (κ2) is 3.81. The first-order valence-corrected chi connectivity index (χ1v) is 6.06. The Morgan fingerprint density at radius 2 is 2.00 bits per heavy atom. The number of carbonyl (C=O) groups is 1. The van der Waals surface area contributed by atoms with E-state index in [4.69, 9.17) is 5.73 Å². The molecule has 1 aromatic rings. The molecule has 0 aromatic heterocycles. The molecule has 2 aliphatic rings. The van der Waals surface area contributed by atoms with Gasteiger partial charge in [0.2, 0.25) is 5.91 Å². The van der Waals surface area contributed by atoms with E-state index < -0.39 is 6.04 Å². The number of halogens is 1. The summed E-state index contributed by atoms with van der Waals surface area (Å²) in [5, 5.41) is 0. The van der Waals surface area contributed by atoms with E-state index in [1.807, 2.05) is 0 Å². The number of fused-ring (bicyclic) bond motifs is 1. The zero-order valence-electron chi connectivity index (χ0n) is 9.53. The highest BCUT2D eigenvalue weighted by atomic mass is 19.1. The highest BCUT2D eigenvalue weighted by molar-refractivity contribution is 6.05. The fraction of sp³-hybridized carbons (Fsp3) is 0.462. The minimum absolute atomic E-state index is 0.0856. The first-order valence-electron chi connectivity index (χ1n) is 6.06. The quantitative estimate of drug-likeness (QED) is 0.809. The maximum Gasteiger partial charge on any atom is 0.248 e. The number of carbonyl (C=O) groups excluding carboxylic acids is 1. The molecule has 1 aliphatic carbocycles. The number of hydrogen-bond acceptors (Lipinski definition) is 2. The molecule has 1 saturated carbocycles. The molecule has 90 valence electrons. The van der Waals surface area contributed by atoms with E-state index in [9.17, 15) is 9.18 Å². The molecule has 3 rings (SSSR count). The number of hydrogen-bond donors (Lipinski definition) is 1. The number of nitrogens with two attached hydrogens (primary N) is 1. The number of nitrogens with zero attached hydrogens (tertiary/aromatic N) is 1. The molecular weight excluding hydrogens is 219 g/mol. The van der Waals surface area contributed by atoms with E-state index in [0.717, 1.165) is 31.4 Å². The third-order valence-electron chi connectivity index (χ3n) is 3.78. The molecule has 4 heteroatoms. The predicted octanol–water partition coefficient (Wildman–Crippen LogP) is 2.11. The Morgan fingerprint density at radius 3 is 2.71 bits per heavy atom. The summed E-state index contributed by atoms with van der Waals surface area (Å²) >= 11 is 0. The van der Waals surface area contributed by atoms with Gasteiger partial charge in [-0.2, -0.15) is 0 Å². The minimum atomic E-state index is -0.693. The molecule has 3 nitrogen and oxygen atoms in total. The fourth-order valence-electron chi connectivity index (χ4n) is 2.93. The van der Waals surface area contributed by atoms with Crippen LogP contribution in [0.3, 0.4) is 0 Å². The van der Waals surface area contributed by atoms with Crippen LogP contribution in [0.5, 0.6) is 0 Å². The first-order chi connectivity index (χ1) is 8.18. The highest BCUT2D eigenvalue weighted by Crippen LogP contribution is 2.39. The van der Waals surface area contributed by atoms with E-state index in [2.05, 4.69) is 0 Å². The van der Waals surface area contributed by atoms with Crippen molar-refractivity contribution in [2.24, 2.45) is 5.73 Å². The van der Waals surface area contributed by atoms with Gasteiger partial charge in [-0.3, -0.25) is 4.79 Å². The number of rotatable bonds is 1. The molecular formula is C13H15FN2O. The van der Waals surface area contributed by atoms with E-state index in [-0.39, 0.29) is 17.8 Å². The summed E-state index contributed by atoms with van der Waals surface area (Å²) in [4.78, 5) is 13.9. The summed E-state index contributed by atoms with van der Waals surface area (Å²) in [5.74, 6) is -0.419. The van der Waals surface area contributed by atoms with E-state index in [1.54, 1.807) is 11.0 Å². The monoisotopic (exact) mass is 234 g/mol. The molecule has 0 unspecified atom stereocenters. The van der Waals surface area contributed by atoms with Gasteiger partial charge in [0.25, 0.3) is 0 Å². The largest absolute Gasteiger partial charge is 0.316 e. The number of benzene rings is 1. The second-order valence-corrected chi connectivity index (χ2v) is 4.83. The van der Waals surface area contributed by atoms with Gasteiger partial charge in [-0.05, 0) is 31.0 Å². The molecule has 0 radical (unpaired) electrons. The molecule has 0 bridgehead atoms. The van der Waals surface area contributed by atoms with E-state index >= 15 is 0 Å². The van der Waals surface area contributed by atoms with Gasteiger partial charge in [0, 0.05) is 17.3 Å². The number of anilines is 1. The Morgan fingerprint density at radius 1 is 1.29 bits per heavy atom. The normalized spacial score (nSPS) is 24.5. The summed E-state index contributed by atoms with van der Waals surface area (Å²) in [6.45, 7) is 0. The van der Waals surface area contributed by atoms with E-state index in [0.29, 0.717) is 5.56 Å². The molecule has 0 saturated heterocycles. The van der Waals surface area contributed by atoms with Crippen LogP contribution in [0, 0.1) is 5.82 Å². The van der Waals surface area contributed by atoms with Crippen molar-refractivity contribution in [3.63, 3.8) is 0 Å². The van der Waals surface area contributed by atoms with Gasteiger partial charge in [-0.25, -0.2) is 4.39 Å². The molecule has 1 atom stereocenters. The molecule has 1 aliphatic heterocycles. The molecule has 0 spiro atoms. The van der Waals surface area contributed by atoms with Gasteiger partial charge in [-0.1, -0.05) is 12.8 Å². The Hall–Kier alpha value is -1.42. The minimum Gasteiger partial charge on any atom is -0.316 e. The van der Waals surface area contributed by atoms with Crippen LogP contribution < -0.4 is 10.6 Å². The van der Waals surface area contributed by atoms with Crippen LogP contribution in [0.4, 0.5) is 10.1 Å². The standard InChI is InChI=1S/C13H15FN2O/c14-8-5-6-11-10(7-8)12(15)13(17)16(11)9-3-1-2-4-9/h5-7,9,12H,1-4,15H2/t12-/m0/s1. The molecule has 1 fully saturated rings. The molecule has 1 amide bonds. The molecule has 1 aromatic carbocycles. The maximum absolute atomic E-state index is 13.2. The molecule has 17 heavy (non-hydrogen) atoms. The van der Waals surface area contributed by atoms with Crippen molar-refractivity contribution in [1.29, 1.82) is 0 Å². The van der Waals surface area contributed by atoms with Gasteiger partial charge >= 0.3 is 0 Å². The smallest absolute Gasteiger partial charge is 0.248 e. The fourth-order valence-corrected chi connectivity index (χ4v) is 2.93. The van der Waals surface area contributed by atoms with Crippen molar-refractivity contribution in [2.45, 2.75) is 37.8 Å². The average Bonchev–Trinajstić information content (AvgIpc) is 2.90. The predicted molar refractivity (Wildman–Crippen MR) is 63.1 cm³/mol. The third-order valence-corrected chi connectivity index (χ3v) is 3.78. The summed E-state index contributed by atoms with van der Waals surface area (Å²) in [7, 11) is 0. The summed E-state index contributed by atoms with van der Waals surface area (Å²) in [6.07, 6.45) is 4.35. The van der Waals surface area contributed by atoms with Crippen LogP contribution in [0.2, 0.25) is 0 Å². The van der Waals surface area contributed by atoms with Gasteiger partial charge in [0.05, 0.1) is 0 Å². The Balaban J connectivity index is 2.04. The number of amides is 1. The third kappa shape index (κ3) is 1.55. The van der Waals surface area contributed by atoms with Crippen molar-refractivity contribution in [2.75, 3.05) is 4.90 Å². The summed E-state index contributed by atoms with van der Waals surface area (Å²) < 4.78 is 13.2. The van der Waals surface area contributed by atoms with Crippen LogP contribution >= 0.6 is 0 Å². The van der Waals surface area contributed by atoms with Gasteiger partial charge < -0.3 is 10.6 Å².